The van der Waals surface area contributed by atoms with Gasteiger partial charge < -0.3 is 10.2 Å². The first-order valence-corrected chi connectivity index (χ1v) is 6.10. The molecule has 0 spiro atoms. The highest BCUT2D eigenvalue weighted by molar-refractivity contribution is 5.81. The number of anilines is 1. The Hall–Kier alpha value is -2.55. The van der Waals surface area contributed by atoms with E-state index in [4.69, 9.17) is 10.2 Å². The number of hydrogen-bond acceptors (Lipinski definition) is 3. The number of hydrogen-bond donors (Lipinski definition) is 1. The van der Waals surface area contributed by atoms with Crippen LogP contribution in [-0.2, 0) is 0 Å². The molecule has 1 aromatic heterocycles. The van der Waals surface area contributed by atoms with Gasteiger partial charge in [-0.15, -0.1) is 0 Å². The summed E-state index contributed by atoms with van der Waals surface area (Å²) in [5.74, 6) is 0.610. The van der Waals surface area contributed by atoms with Crippen LogP contribution in [0.1, 0.15) is 12.2 Å². The lowest BCUT2D eigenvalue weighted by molar-refractivity contribution is 0.584. The molecule has 1 heterocycles. The van der Waals surface area contributed by atoms with Crippen LogP contribution in [0, 0.1) is 0 Å². The van der Waals surface area contributed by atoms with Gasteiger partial charge in [-0.3, -0.25) is 4.79 Å². The van der Waals surface area contributed by atoms with Gasteiger partial charge >= 0.3 is 0 Å². The van der Waals surface area contributed by atoms with Gasteiger partial charge in [0.2, 0.25) is 0 Å². The zero-order valence-electron chi connectivity index (χ0n) is 10.3. The van der Waals surface area contributed by atoms with Crippen molar-refractivity contribution in [1.82, 2.24) is 0 Å². The Labute approximate surface area is 110 Å². The van der Waals surface area contributed by atoms with Gasteiger partial charge in [-0.05, 0) is 30.2 Å². The molecular weight excluding hydrogens is 238 g/mol. The maximum absolute atomic E-state index is 12.1. The number of allylic oxidation sites excluding steroid dienone is 6. The molecule has 1 aliphatic rings. The molecule has 0 bridgehead atoms. The van der Waals surface area contributed by atoms with Crippen LogP contribution >= 0.6 is 0 Å². The van der Waals surface area contributed by atoms with Crippen LogP contribution in [0.2, 0.25) is 0 Å². The minimum Gasteiger partial charge on any atom is -0.456 e. The quantitative estimate of drug-likeness (QED) is 0.791. The monoisotopic (exact) mass is 251 g/mol. The van der Waals surface area contributed by atoms with Gasteiger partial charge in [0.15, 0.2) is 5.43 Å². The summed E-state index contributed by atoms with van der Waals surface area (Å²) in [6.45, 7) is 0. The zero-order chi connectivity index (χ0) is 13.2. The van der Waals surface area contributed by atoms with E-state index >= 15 is 0 Å². The van der Waals surface area contributed by atoms with Crippen molar-refractivity contribution in [2.75, 3.05) is 5.73 Å². The Morgan fingerprint density at radius 2 is 2.00 bits per heavy atom. The molecule has 0 radical (unpaired) electrons. The highest BCUT2D eigenvalue weighted by atomic mass is 16.3. The van der Waals surface area contributed by atoms with Crippen LogP contribution in [-0.4, -0.2) is 0 Å². The molecule has 19 heavy (non-hydrogen) atoms. The lowest BCUT2D eigenvalue weighted by atomic mass is 10.1. The van der Waals surface area contributed by atoms with E-state index in [1.165, 1.54) is 6.07 Å². The zero-order valence-corrected chi connectivity index (χ0v) is 10.3. The van der Waals surface area contributed by atoms with E-state index in [0.717, 1.165) is 12.0 Å². The number of nitrogen functional groups attached to an aromatic ring is 1. The van der Waals surface area contributed by atoms with Crippen LogP contribution in [0.5, 0.6) is 0 Å². The van der Waals surface area contributed by atoms with Gasteiger partial charge in [-0.1, -0.05) is 30.4 Å². The topological polar surface area (TPSA) is 56.2 Å². The van der Waals surface area contributed by atoms with Crippen molar-refractivity contribution in [3.05, 3.63) is 70.6 Å². The summed E-state index contributed by atoms with van der Waals surface area (Å²) < 4.78 is 5.80. The van der Waals surface area contributed by atoms with Crippen LogP contribution in [0.3, 0.4) is 0 Å². The average molecular weight is 251 g/mol. The molecule has 2 aromatic rings. The molecule has 0 saturated heterocycles. The predicted octanol–water partition coefficient (Wildman–Crippen LogP) is 3.27. The summed E-state index contributed by atoms with van der Waals surface area (Å²) >= 11 is 0. The predicted molar refractivity (Wildman–Crippen MR) is 77.8 cm³/mol. The molecular formula is C16H13NO2. The van der Waals surface area contributed by atoms with Crippen LogP contribution in [0.4, 0.5) is 5.69 Å². The first-order chi connectivity index (χ1) is 9.24. The maximum Gasteiger partial charge on any atom is 0.193 e. The molecule has 0 saturated carbocycles. The minimum atomic E-state index is -0.0679. The van der Waals surface area contributed by atoms with Gasteiger partial charge in [-0.25, -0.2) is 0 Å². The van der Waals surface area contributed by atoms with E-state index in [9.17, 15) is 4.79 Å². The van der Waals surface area contributed by atoms with E-state index < -0.39 is 0 Å². The smallest absolute Gasteiger partial charge is 0.193 e. The molecule has 3 rings (SSSR count). The fourth-order valence-corrected chi connectivity index (χ4v) is 2.09. The molecule has 3 nitrogen and oxygen atoms in total. The molecule has 2 N–H and O–H groups in total. The molecule has 0 fully saturated rings. The summed E-state index contributed by atoms with van der Waals surface area (Å²) in [7, 11) is 0. The Morgan fingerprint density at radius 1 is 1.11 bits per heavy atom. The summed E-state index contributed by atoms with van der Waals surface area (Å²) in [5, 5.41) is 0.518. The summed E-state index contributed by atoms with van der Waals surface area (Å²) in [6.07, 6.45) is 10.6. The number of fused-ring (bicyclic) bond motifs is 1. The third-order valence-electron chi connectivity index (χ3n) is 3.06. The summed E-state index contributed by atoms with van der Waals surface area (Å²) in [6, 6.07) is 6.64. The van der Waals surface area contributed by atoms with Crippen molar-refractivity contribution in [2.45, 2.75) is 6.42 Å². The summed E-state index contributed by atoms with van der Waals surface area (Å²) in [4.78, 5) is 12.1. The fraction of sp³-hybridized carbons (Fsp3) is 0.0625. The Morgan fingerprint density at radius 3 is 2.89 bits per heavy atom. The second kappa shape index (κ2) is 4.61. The van der Waals surface area contributed by atoms with Crippen LogP contribution in [0.25, 0.3) is 16.5 Å². The second-order valence-corrected chi connectivity index (χ2v) is 4.44. The third kappa shape index (κ3) is 2.22. The van der Waals surface area contributed by atoms with E-state index in [0.29, 0.717) is 22.4 Å². The molecule has 1 aromatic carbocycles. The van der Waals surface area contributed by atoms with E-state index in [1.807, 2.05) is 30.4 Å². The first kappa shape index (κ1) is 11.5. The normalized spacial score (nSPS) is 14.4. The van der Waals surface area contributed by atoms with Crippen molar-refractivity contribution < 1.29 is 4.42 Å². The van der Waals surface area contributed by atoms with Gasteiger partial charge in [-0.2, -0.15) is 0 Å². The Kier molecular flexibility index (Phi) is 2.80. The standard InChI is InChI=1S/C16H13NO2/c17-12-7-8-15-13(9-12)14(18)10-16(19-15)11-5-3-1-2-4-6-11/h1-5,7-10H,6,17H2. The Bertz CT molecular complexity index is 779. The van der Waals surface area contributed by atoms with Gasteiger partial charge in [0, 0.05) is 11.8 Å². The molecule has 0 unspecified atom stereocenters. The molecule has 3 heteroatoms. The molecule has 0 aliphatic heterocycles. The first-order valence-electron chi connectivity index (χ1n) is 6.10. The van der Waals surface area contributed by atoms with Gasteiger partial charge in [0.1, 0.15) is 11.3 Å². The molecule has 0 amide bonds. The van der Waals surface area contributed by atoms with Crippen molar-refractivity contribution >= 4 is 22.2 Å². The van der Waals surface area contributed by atoms with E-state index in [-0.39, 0.29) is 5.43 Å². The van der Waals surface area contributed by atoms with Crippen LogP contribution in [0.15, 0.2) is 63.9 Å². The van der Waals surface area contributed by atoms with Crippen molar-refractivity contribution in [3.63, 3.8) is 0 Å². The highest BCUT2D eigenvalue weighted by Crippen LogP contribution is 2.23. The average Bonchev–Trinajstić information content (AvgIpc) is 2.68. The lowest BCUT2D eigenvalue weighted by Crippen LogP contribution is -2.02. The van der Waals surface area contributed by atoms with E-state index in [1.54, 1.807) is 18.2 Å². The number of rotatable bonds is 1. The van der Waals surface area contributed by atoms with Gasteiger partial charge in [0.05, 0.1) is 5.39 Å². The third-order valence-corrected chi connectivity index (χ3v) is 3.06. The number of nitrogens with two attached hydrogens (primary N) is 1. The SMILES string of the molecule is Nc1ccc2oc(C3=CC=CC=CC3)cc(=O)c2c1. The van der Waals surface area contributed by atoms with Crippen molar-refractivity contribution in [1.29, 1.82) is 0 Å². The van der Waals surface area contributed by atoms with Gasteiger partial charge in [0.25, 0.3) is 0 Å². The molecule has 1 aliphatic carbocycles. The Balaban J connectivity index is 2.19. The maximum atomic E-state index is 12.1. The minimum absolute atomic E-state index is 0.0679. The second-order valence-electron chi connectivity index (χ2n) is 4.44. The summed E-state index contributed by atoms with van der Waals surface area (Å²) in [5.41, 5.74) is 7.73. The lowest BCUT2D eigenvalue weighted by Gasteiger charge is -2.05. The van der Waals surface area contributed by atoms with Crippen LogP contribution < -0.4 is 11.2 Å². The fourth-order valence-electron chi connectivity index (χ4n) is 2.09. The van der Waals surface area contributed by atoms with Crippen molar-refractivity contribution in [2.24, 2.45) is 0 Å². The number of benzene rings is 1. The molecule has 0 atom stereocenters. The van der Waals surface area contributed by atoms with E-state index in [2.05, 4.69) is 0 Å². The van der Waals surface area contributed by atoms with Crippen molar-refractivity contribution in [3.8, 4) is 0 Å². The molecule has 94 valence electrons. The highest BCUT2D eigenvalue weighted by Gasteiger charge is 2.08. The largest absolute Gasteiger partial charge is 0.456 e.